The summed E-state index contributed by atoms with van der Waals surface area (Å²) in [5, 5.41) is 3.85. The second kappa shape index (κ2) is 6.72. The summed E-state index contributed by atoms with van der Waals surface area (Å²) < 4.78 is 5.82. The van der Waals surface area contributed by atoms with Gasteiger partial charge in [0.25, 0.3) is 5.91 Å². The number of hydrogen-bond donors (Lipinski definition) is 1. The minimum absolute atomic E-state index is 0.0328. The molecule has 0 aliphatic heterocycles. The van der Waals surface area contributed by atoms with E-state index < -0.39 is 6.10 Å². The summed E-state index contributed by atoms with van der Waals surface area (Å²) in [6.07, 6.45) is 4.86. The lowest BCUT2D eigenvalue weighted by molar-refractivity contribution is -0.128. The molecule has 1 N–H and O–H groups in total. The average molecular weight is 336 g/mol. The highest BCUT2D eigenvalue weighted by Crippen LogP contribution is 2.49. The number of amides is 1. The summed E-state index contributed by atoms with van der Waals surface area (Å²) in [6.45, 7) is 5.88. The van der Waals surface area contributed by atoms with Crippen LogP contribution in [0.15, 0.2) is 18.2 Å². The highest BCUT2D eigenvalue weighted by atomic mass is 35.5. The van der Waals surface area contributed by atoms with Gasteiger partial charge >= 0.3 is 0 Å². The van der Waals surface area contributed by atoms with Crippen LogP contribution < -0.4 is 10.1 Å². The standard InChI is InChI=1S/C19H26ClNO2/c1-11-8-16(20)6-7-18(11)23-13(3)19(22)21-12(2)17-10-14-4-5-15(17)9-14/h6-8,12-15,17H,4-5,9-10H2,1-3H3,(H,21,22)/t12-,13-,14-,15-,17+/m1/s1. The number of nitrogens with one attached hydrogen (secondary N) is 1. The maximum absolute atomic E-state index is 12.4. The first-order valence-corrected chi connectivity index (χ1v) is 9.05. The lowest BCUT2D eigenvalue weighted by atomic mass is 9.84. The van der Waals surface area contributed by atoms with E-state index in [1.54, 1.807) is 13.0 Å². The van der Waals surface area contributed by atoms with E-state index in [2.05, 4.69) is 12.2 Å². The first kappa shape index (κ1) is 16.6. The van der Waals surface area contributed by atoms with Gasteiger partial charge in [0.2, 0.25) is 0 Å². The molecule has 2 aliphatic rings. The predicted octanol–water partition coefficient (Wildman–Crippen LogP) is 4.36. The fraction of sp³-hybridized carbons (Fsp3) is 0.632. The van der Waals surface area contributed by atoms with Crippen molar-refractivity contribution in [1.29, 1.82) is 0 Å². The van der Waals surface area contributed by atoms with Gasteiger partial charge in [-0.25, -0.2) is 0 Å². The molecule has 1 aromatic rings. The van der Waals surface area contributed by atoms with Gasteiger partial charge in [-0.2, -0.15) is 0 Å². The van der Waals surface area contributed by atoms with Crippen LogP contribution in [-0.2, 0) is 4.79 Å². The summed E-state index contributed by atoms with van der Waals surface area (Å²) >= 11 is 5.95. The number of ether oxygens (including phenoxy) is 1. The number of fused-ring (bicyclic) bond motifs is 2. The van der Waals surface area contributed by atoms with E-state index in [-0.39, 0.29) is 11.9 Å². The van der Waals surface area contributed by atoms with E-state index in [4.69, 9.17) is 16.3 Å². The van der Waals surface area contributed by atoms with Gasteiger partial charge in [-0.1, -0.05) is 18.0 Å². The van der Waals surface area contributed by atoms with Gasteiger partial charge in [-0.05, 0) is 81.5 Å². The van der Waals surface area contributed by atoms with Gasteiger partial charge in [0.1, 0.15) is 5.75 Å². The van der Waals surface area contributed by atoms with E-state index in [1.807, 2.05) is 19.1 Å². The maximum atomic E-state index is 12.4. The van der Waals surface area contributed by atoms with E-state index in [0.29, 0.717) is 16.7 Å². The van der Waals surface area contributed by atoms with Crippen LogP contribution >= 0.6 is 11.6 Å². The van der Waals surface area contributed by atoms with Crippen molar-refractivity contribution in [3.63, 3.8) is 0 Å². The van der Waals surface area contributed by atoms with Crippen LogP contribution in [0.2, 0.25) is 5.02 Å². The van der Waals surface area contributed by atoms with Gasteiger partial charge in [-0.15, -0.1) is 0 Å². The molecule has 0 aromatic heterocycles. The smallest absolute Gasteiger partial charge is 0.260 e. The molecular formula is C19H26ClNO2. The van der Waals surface area contributed by atoms with Crippen LogP contribution in [0.3, 0.4) is 0 Å². The third-order valence-corrected chi connectivity index (χ3v) is 5.85. The Bertz CT molecular complexity index is 589. The van der Waals surface area contributed by atoms with Crippen molar-refractivity contribution >= 4 is 17.5 Å². The zero-order chi connectivity index (χ0) is 16.6. The molecule has 1 aromatic carbocycles. The van der Waals surface area contributed by atoms with E-state index in [9.17, 15) is 4.79 Å². The molecular weight excluding hydrogens is 310 g/mol. The van der Waals surface area contributed by atoms with Crippen LogP contribution in [-0.4, -0.2) is 18.1 Å². The summed E-state index contributed by atoms with van der Waals surface area (Å²) in [5.74, 6) is 3.03. The fourth-order valence-corrected chi connectivity index (χ4v) is 4.57. The topological polar surface area (TPSA) is 38.3 Å². The molecule has 1 amide bonds. The largest absolute Gasteiger partial charge is 0.481 e. The van der Waals surface area contributed by atoms with Gasteiger partial charge in [-0.3, -0.25) is 4.79 Å². The maximum Gasteiger partial charge on any atom is 0.260 e. The third kappa shape index (κ3) is 3.65. The quantitative estimate of drug-likeness (QED) is 0.868. The summed E-state index contributed by atoms with van der Waals surface area (Å²) in [4.78, 5) is 12.4. The molecule has 5 atom stereocenters. The molecule has 3 rings (SSSR count). The van der Waals surface area contributed by atoms with Crippen molar-refractivity contribution < 1.29 is 9.53 Å². The summed E-state index contributed by atoms with van der Waals surface area (Å²) in [5.41, 5.74) is 0.943. The van der Waals surface area contributed by atoms with Crippen LogP contribution in [0.5, 0.6) is 5.75 Å². The van der Waals surface area contributed by atoms with Gasteiger partial charge in [0, 0.05) is 11.1 Å². The number of hydrogen-bond acceptors (Lipinski definition) is 2. The average Bonchev–Trinajstić information content (AvgIpc) is 3.12. The van der Waals surface area contributed by atoms with Crippen molar-refractivity contribution in [2.45, 2.75) is 58.6 Å². The Kier molecular flexibility index (Phi) is 4.86. The zero-order valence-corrected chi connectivity index (χ0v) is 14.9. The molecule has 2 bridgehead atoms. The van der Waals surface area contributed by atoms with E-state index in [1.165, 1.54) is 25.7 Å². The molecule has 126 valence electrons. The predicted molar refractivity (Wildman–Crippen MR) is 92.8 cm³/mol. The summed E-state index contributed by atoms with van der Waals surface area (Å²) in [7, 11) is 0. The molecule has 4 heteroatoms. The molecule has 0 heterocycles. The Hall–Kier alpha value is -1.22. The van der Waals surface area contributed by atoms with Crippen LogP contribution in [0, 0.1) is 24.7 Å². The fourth-order valence-electron chi connectivity index (χ4n) is 4.34. The number of carbonyl (C=O) groups excluding carboxylic acids is 1. The van der Waals surface area contributed by atoms with Gasteiger partial charge in [0.15, 0.2) is 6.10 Å². The molecule has 0 saturated heterocycles. The minimum Gasteiger partial charge on any atom is -0.481 e. The third-order valence-electron chi connectivity index (χ3n) is 5.61. The Labute approximate surface area is 143 Å². The Balaban J connectivity index is 1.55. The number of carbonyl (C=O) groups is 1. The van der Waals surface area contributed by atoms with Crippen molar-refractivity contribution in [3.05, 3.63) is 28.8 Å². The normalized spacial score (nSPS) is 28.4. The molecule has 0 spiro atoms. The molecule has 2 saturated carbocycles. The molecule has 2 aliphatic carbocycles. The Morgan fingerprint density at radius 2 is 2.09 bits per heavy atom. The van der Waals surface area contributed by atoms with Crippen molar-refractivity contribution in [3.8, 4) is 5.75 Å². The van der Waals surface area contributed by atoms with Crippen molar-refractivity contribution in [1.82, 2.24) is 5.32 Å². The second-order valence-corrected chi connectivity index (χ2v) is 7.74. The Morgan fingerprint density at radius 3 is 2.70 bits per heavy atom. The second-order valence-electron chi connectivity index (χ2n) is 7.31. The zero-order valence-electron chi connectivity index (χ0n) is 14.1. The molecule has 3 nitrogen and oxygen atoms in total. The van der Waals surface area contributed by atoms with Crippen molar-refractivity contribution in [2.24, 2.45) is 17.8 Å². The monoisotopic (exact) mass is 335 g/mol. The molecule has 2 fully saturated rings. The van der Waals surface area contributed by atoms with Crippen LogP contribution in [0.4, 0.5) is 0 Å². The highest BCUT2D eigenvalue weighted by Gasteiger charge is 2.42. The van der Waals surface area contributed by atoms with Gasteiger partial charge < -0.3 is 10.1 Å². The van der Waals surface area contributed by atoms with E-state index >= 15 is 0 Å². The lowest BCUT2D eigenvalue weighted by Gasteiger charge is -2.29. The number of halogens is 1. The number of aryl methyl sites for hydroxylation is 1. The first-order valence-electron chi connectivity index (χ1n) is 8.67. The number of rotatable bonds is 5. The van der Waals surface area contributed by atoms with Crippen LogP contribution in [0.25, 0.3) is 0 Å². The van der Waals surface area contributed by atoms with Crippen molar-refractivity contribution in [2.75, 3.05) is 0 Å². The number of benzene rings is 1. The summed E-state index contributed by atoms with van der Waals surface area (Å²) in [6, 6.07) is 5.68. The first-order chi connectivity index (χ1) is 10.9. The highest BCUT2D eigenvalue weighted by molar-refractivity contribution is 6.30. The SMILES string of the molecule is Cc1cc(Cl)ccc1O[C@H](C)C(=O)N[C@H](C)[C@@H]1C[C@@H]2CC[C@@H]1C2. The molecule has 23 heavy (non-hydrogen) atoms. The molecule has 0 unspecified atom stereocenters. The van der Waals surface area contributed by atoms with E-state index in [0.717, 1.165) is 17.4 Å². The van der Waals surface area contributed by atoms with Gasteiger partial charge in [0.05, 0.1) is 0 Å². The molecule has 0 radical (unpaired) electrons. The Morgan fingerprint density at radius 1 is 1.30 bits per heavy atom. The lowest BCUT2D eigenvalue weighted by Crippen LogP contribution is -2.45. The minimum atomic E-state index is -0.504. The van der Waals surface area contributed by atoms with Crippen LogP contribution in [0.1, 0.15) is 45.1 Å².